The van der Waals surface area contributed by atoms with Crippen molar-refractivity contribution in [2.75, 3.05) is 7.11 Å². The van der Waals surface area contributed by atoms with Crippen LogP contribution >= 0.6 is 11.3 Å². The number of aryl methyl sites for hydroxylation is 1. The first-order chi connectivity index (χ1) is 10.8. The number of sulfonamides is 1. The van der Waals surface area contributed by atoms with Crippen molar-refractivity contribution >= 4 is 21.4 Å². The van der Waals surface area contributed by atoms with E-state index in [0.717, 1.165) is 22.4 Å². The lowest BCUT2D eigenvalue weighted by Gasteiger charge is -2.20. The van der Waals surface area contributed by atoms with Gasteiger partial charge in [0.05, 0.1) is 7.11 Å². The van der Waals surface area contributed by atoms with E-state index in [1.165, 1.54) is 11.3 Å². The molecule has 1 aromatic carbocycles. The number of thiophene rings is 1. The van der Waals surface area contributed by atoms with Gasteiger partial charge in [-0.1, -0.05) is 19.9 Å². The molecule has 0 saturated heterocycles. The Bertz CT molecular complexity index is 765. The molecule has 1 aromatic heterocycles. The monoisotopic (exact) mass is 353 g/mol. The van der Waals surface area contributed by atoms with Crippen molar-refractivity contribution in [2.45, 2.75) is 43.9 Å². The van der Waals surface area contributed by atoms with Gasteiger partial charge in [0.25, 0.3) is 10.0 Å². The number of hydrogen-bond donors (Lipinski definition) is 1. The van der Waals surface area contributed by atoms with Crippen LogP contribution in [-0.4, -0.2) is 15.5 Å². The van der Waals surface area contributed by atoms with Crippen LogP contribution in [0.1, 0.15) is 49.4 Å². The number of hydrogen-bond acceptors (Lipinski definition) is 4. The Morgan fingerprint density at radius 3 is 2.39 bits per heavy atom. The van der Waals surface area contributed by atoms with Gasteiger partial charge in [0.1, 0.15) is 9.96 Å². The van der Waals surface area contributed by atoms with Crippen LogP contribution in [-0.2, 0) is 10.0 Å². The Kier molecular flexibility index (Phi) is 5.49. The highest BCUT2D eigenvalue weighted by molar-refractivity contribution is 7.91. The minimum atomic E-state index is -3.49. The van der Waals surface area contributed by atoms with E-state index in [1.54, 1.807) is 24.6 Å². The lowest BCUT2D eigenvalue weighted by atomic mass is 9.94. The molecule has 0 aliphatic carbocycles. The van der Waals surface area contributed by atoms with Crippen molar-refractivity contribution in [2.24, 2.45) is 0 Å². The molecule has 4 nitrogen and oxygen atoms in total. The molecule has 126 valence electrons. The molecule has 1 N–H and O–H groups in total. The molecule has 2 aromatic rings. The number of rotatable bonds is 6. The predicted octanol–water partition coefficient (Wildman–Crippen LogP) is 4.23. The molecule has 0 fully saturated rings. The third-order valence-corrected chi connectivity index (χ3v) is 6.74. The number of nitrogens with one attached hydrogen (secondary N) is 1. The molecule has 0 spiro atoms. The number of ether oxygens (including phenoxy) is 1. The standard InChI is InChI=1S/C17H23NO3S2/c1-11(2)14-10-15(12(3)9-16(14)21-5)13(4)18-23(19,20)17-7-6-8-22-17/h6-11,13,18H,1-5H3/t13-/m0/s1. The van der Waals surface area contributed by atoms with Crippen molar-refractivity contribution < 1.29 is 13.2 Å². The molecule has 0 unspecified atom stereocenters. The topological polar surface area (TPSA) is 55.4 Å². The molecular weight excluding hydrogens is 330 g/mol. The lowest BCUT2D eigenvalue weighted by molar-refractivity contribution is 0.406. The van der Waals surface area contributed by atoms with E-state index in [9.17, 15) is 8.42 Å². The van der Waals surface area contributed by atoms with Crippen LogP contribution in [0.15, 0.2) is 33.9 Å². The summed E-state index contributed by atoms with van der Waals surface area (Å²) in [5.41, 5.74) is 3.05. The highest BCUT2D eigenvalue weighted by atomic mass is 32.2. The molecule has 6 heteroatoms. The van der Waals surface area contributed by atoms with E-state index < -0.39 is 10.0 Å². The van der Waals surface area contributed by atoms with Crippen molar-refractivity contribution in [3.05, 3.63) is 46.3 Å². The van der Waals surface area contributed by atoms with Crippen LogP contribution < -0.4 is 9.46 Å². The molecule has 0 radical (unpaired) electrons. The van der Waals surface area contributed by atoms with Crippen molar-refractivity contribution in [3.8, 4) is 5.75 Å². The largest absolute Gasteiger partial charge is 0.496 e. The lowest BCUT2D eigenvalue weighted by Crippen LogP contribution is -2.26. The minimum absolute atomic E-state index is 0.297. The van der Waals surface area contributed by atoms with Crippen LogP contribution in [0.25, 0.3) is 0 Å². The predicted molar refractivity (Wildman–Crippen MR) is 94.9 cm³/mol. The van der Waals surface area contributed by atoms with Gasteiger partial charge in [-0.25, -0.2) is 13.1 Å². The van der Waals surface area contributed by atoms with Gasteiger partial charge >= 0.3 is 0 Å². The summed E-state index contributed by atoms with van der Waals surface area (Å²) in [6.45, 7) is 8.02. The zero-order valence-corrected chi connectivity index (χ0v) is 15.7. The van der Waals surface area contributed by atoms with Crippen molar-refractivity contribution in [1.82, 2.24) is 4.72 Å². The molecule has 0 aliphatic heterocycles. The number of benzene rings is 1. The summed E-state index contributed by atoms with van der Waals surface area (Å²) in [4.78, 5) is 0. The Labute approximate surface area is 142 Å². The normalized spacial score (nSPS) is 13.3. The maximum Gasteiger partial charge on any atom is 0.250 e. The average molecular weight is 354 g/mol. The van der Waals surface area contributed by atoms with E-state index in [4.69, 9.17) is 4.74 Å². The first-order valence-corrected chi connectivity index (χ1v) is 9.86. The highest BCUT2D eigenvalue weighted by Gasteiger charge is 2.21. The molecule has 0 amide bonds. The second-order valence-corrected chi connectivity index (χ2v) is 8.77. The van der Waals surface area contributed by atoms with Crippen LogP contribution in [0.5, 0.6) is 5.75 Å². The van der Waals surface area contributed by atoms with Gasteiger partial charge < -0.3 is 4.74 Å². The van der Waals surface area contributed by atoms with E-state index >= 15 is 0 Å². The summed E-state index contributed by atoms with van der Waals surface area (Å²) in [6, 6.07) is 7.05. The van der Waals surface area contributed by atoms with E-state index in [0.29, 0.717) is 10.1 Å². The minimum Gasteiger partial charge on any atom is -0.496 e. The fourth-order valence-corrected chi connectivity index (χ4v) is 4.81. The Hall–Kier alpha value is -1.37. The molecule has 23 heavy (non-hydrogen) atoms. The van der Waals surface area contributed by atoms with Crippen molar-refractivity contribution in [1.29, 1.82) is 0 Å². The zero-order valence-electron chi connectivity index (χ0n) is 14.1. The zero-order chi connectivity index (χ0) is 17.2. The van der Waals surface area contributed by atoms with Crippen LogP contribution in [0.4, 0.5) is 0 Å². The third kappa shape index (κ3) is 3.94. The second kappa shape index (κ2) is 7.03. The summed E-state index contributed by atoms with van der Waals surface area (Å²) < 4.78 is 33.3. The average Bonchev–Trinajstić information content (AvgIpc) is 3.00. The summed E-state index contributed by atoms with van der Waals surface area (Å²) in [6.07, 6.45) is 0. The van der Waals surface area contributed by atoms with Gasteiger partial charge in [-0.3, -0.25) is 0 Å². The van der Waals surface area contributed by atoms with Gasteiger partial charge in [0.15, 0.2) is 0 Å². The SMILES string of the molecule is COc1cc(C)c([C@H](C)NS(=O)(=O)c2cccs2)cc1C(C)C. The Morgan fingerprint density at radius 1 is 1.17 bits per heavy atom. The summed E-state index contributed by atoms with van der Waals surface area (Å²) >= 11 is 1.21. The fourth-order valence-electron chi connectivity index (χ4n) is 2.58. The Morgan fingerprint density at radius 2 is 1.87 bits per heavy atom. The van der Waals surface area contributed by atoms with Crippen LogP contribution in [0.3, 0.4) is 0 Å². The van der Waals surface area contributed by atoms with Crippen molar-refractivity contribution in [3.63, 3.8) is 0 Å². The third-order valence-electron chi connectivity index (χ3n) is 3.80. The summed E-state index contributed by atoms with van der Waals surface area (Å²) in [5.74, 6) is 1.14. The Balaban J connectivity index is 2.36. The summed E-state index contributed by atoms with van der Waals surface area (Å²) in [7, 11) is -1.84. The fraction of sp³-hybridized carbons (Fsp3) is 0.412. The molecule has 1 heterocycles. The number of methoxy groups -OCH3 is 1. The van der Waals surface area contributed by atoms with E-state index in [-0.39, 0.29) is 6.04 Å². The van der Waals surface area contributed by atoms with Gasteiger partial charge in [0.2, 0.25) is 0 Å². The maximum absolute atomic E-state index is 12.4. The second-order valence-electron chi connectivity index (χ2n) is 5.88. The molecule has 1 atom stereocenters. The van der Waals surface area contributed by atoms with Crippen LogP contribution in [0.2, 0.25) is 0 Å². The molecule has 0 aliphatic rings. The van der Waals surface area contributed by atoms with Gasteiger partial charge in [-0.15, -0.1) is 11.3 Å². The smallest absolute Gasteiger partial charge is 0.250 e. The molecule has 0 bridgehead atoms. The van der Waals surface area contributed by atoms with E-state index in [1.807, 2.05) is 26.0 Å². The highest BCUT2D eigenvalue weighted by Crippen LogP contribution is 2.32. The first-order valence-electron chi connectivity index (χ1n) is 7.50. The summed E-state index contributed by atoms with van der Waals surface area (Å²) in [5, 5.41) is 1.76. The van der Waals surface area contributed by atoms with Crippen LogP contribution in [0, 0.1) is 6.92 Å². The molecule has 0 saturated carbocycles. The maximum atomic E-state index is 12.4. The first kappa shape index (κ1) is 18.0. The van der Waals surface area contributed by atoms with Gasteiger partial charge in [-0.05, 0) is 60.0 Å². The van der Waals surface area contributed by atoms with E-state index in [2.05, 4.69) is 18.6 Å². The van der Waals surface area contributed by atoms with Gasteiger partial charge in [-0.2, -0.15) is 0 Å². The quantitative estimate of drug-likeness (QED) is 0.845. The van der Waals surface area contributed by atoms with Gasteiger partial charge in [0, 0.05) is 6.04 Å². The molecular formula is C17H23NO3S2. The molecule has 2 rings (SSSR count).